The number of nitrogens with zero attached hydrogens (tertiary/aromatic N) is 1. The minimum atomic E-state index is -0.475. The minimum absolute atomic E-state index is 0.437. The van der Waals surface area contributed by atoms with Crippen LogP contribution < -0.4 is 4.74 Å². The normalized spacial score (nSPS) is 9.73. The molecule has 0 aliphatic carbocycles. The molecule has 2 nitrogen and oxygen atoms in total. The first-order valence-electron chi connectivity index (χ1n) is 3.18. The summed E-state index contributed by atoms with van der Waals surface area (Å²) in [6, 6.07) is 1.65. The first-order valence-corrected chi connectivity index (χ1v) is 4.26. The molecule has 1 aromatic rings. The Balaban J connectivity index is 2.96. The van der Waals surface area contributed by atoms with Gasteiger partial charge in [-0.2, -0.15) is 4.39 Å². The lowest BCUT2D eigenvalue weighted by Gasteiger charge is -2.03. The molecule has 1 rings (SSSR count). The molecule has 0 radical (unpaired) electrons. The topological polar surface area (TPSA) is 22.1 Å². The van der Waals surface area contributed by atoms with Gasteiger partial charge in [0.15, 0.2) is 0 Å². The zero-order valence-corrected chi connectivity index (χ0v) is 8.13. The fraction of sp³-hybridized carbons (Fsp3) is 0.286. The molecule has 0 saturated carbocycles. The molecule has 0 amide bonds. The molecule has 0 spiro atoms. The van der Waals surface area contributed by atoms with Crippen molar-refractivity contribution in [3.63, 3.8) is 0 Å². The molecule has 0 N–H and O–H groups in total. The van der Waals surface area contributed by atoms with Crippen molar-refractivity contribution in [3.05, 3.63) is 21.8 Å². The summed E-state index contributed by atoms with van der Waals surface area (Å²) in [7, 11) is 0. The van der Waals surface area contributed by atoms with Gasteiger partial charge in [0, 0.05) is 6.20 Å². The van der Waals surface area contributed by atoms with E-state index < -0.39 is 5.95 Å². The zero-order valence-electron chi connectivity index (χ0n) is 5.97. The molecular weight excluding hydrogens is 260 g/mol. The summed E-state index contributed by atoms with van der Waals surface area (Å²) in [5.74, 6) is 0.0807. The van der Waals surface area contributed by atoms with Gasteiger partial charge in [0.05, 0.1) is 6.61 Å². The van der Waals surface area contributed by atoms with E-state index in [4.69, 9.17) is 4.74 Å². The lowest BCUT2D eigenvalue weighted by atomic mass is 10.4. The Morgan fingerprint density at radius 1 is 1.73 bits per heavy atom. The summed E-state index contributed by atoms with van der Waals surface area (Å²) < 4.78 is 18.3. The van der Waals surface area contributed by atoms with E-state index in [0.29, 0.717) is 15.9 Å². The second kappa shape index (κ2) is 3.85. The summed E-state index contributed by atoms with van der Waals surface area (Å²) >= 11 is 1.87. The van der Waals surface area contributed by atoms with Crippen molar-refractivity contribution in [2.75, 3.05) is 6.61 Å². The van der Waals surface area contributed by atoms with E-state index in [0.717, 1.165) is 0 Å². The first-order chi connectivity index (χ1) is 5.25. The van der Waals surface area contributed by atoms with Crippen LogP contribution in [0.4, 0.5) is 4.39 Å². The number of rotatable bonds is 2. The van der Waals surface area contributed by atoms with Crippen LogP contribution in [0, 0.1) is 9.52 Å². The van der Waals surface area contributed by atoms with E-state index in [9.17, 15) is 4.39 Å². The summed E-state index contributed by atoms with van der Waals surface area (Å²) in [5, 5.41) is 0. The fourth-order valence-corrected chi connectivity index (χ4v) is 1.14. The Morgan fingerprint density at radius 3 is 3.09 bits per heavy atom. The van der Waals surface area contributed by atoms with Crippen molar-refractivity contribution < 1.29 is 9.13 Å². The molecule has 0 fully saturated rings. The lowest BCUT2D eigenvalue weighted by molar-refractivity contribution is 0.334. The molecule has 4 heteroatoms. The van der Waals surface area contributed by atoms with E-state index >= 15 is 0 Å². The van der Waals surface area contributed by atoms with Crippen LogP contribution in [0.15, 0.2) is 12.3 Å². The van der Waals surface area contributed by atoms with Crippen LogP contribution in [0.25, 0.3) is 0 Å². The highest BCUT2D eigenvalue weighted by molar-refractivity contribution is 14.1. The predicted molar refractivity (Wildman–Crippen MR) is 48.1 cm³/mol. The van der Waals surface area contributed by atoms with Gasteiger partial charge in [-0.1, -0.05) is 0 Å². The zero-order chi connectivity index (χ0) is 8.27. The highest BCUT2D eigenvalue weighted by Crippen LogP contribution is 2.21. The van der Waals surface area contributed by atoms with Gasteiger partial charge in [-0.25, -0.2) is 4.98 Å². The standard InChI is InChI=1S/C7H7FINO/c1-2-11-5-3-4-10-7(8)6(5)9/h3-4H,2H2,1H3. The Kier molecular flexibility index (Phi) is 3.04. The maximum atomic E-state index is 12.7. The number of hydrogen-bond acceptors (Lipinski definition) is 2. The highest BCUT2D eigenvalue weighted by atomic mass is 127. The molecule has 1 aromatic heterocycles. The third kappa shape index (κ3) is 2.02. The maximum Gasteiger partial charge on any atom is 0.230 e. The van der Waals surface area contributed by atoms with Gasteiger partial charge in [0.25, 0.3) is 0 Å². The van der Waals surface area contributed by atoms with Crippen LogP contribution in [0.1, 0.15) is 6.92 Å². The molecule has 0 unspecified atom stereocenters. The molecule has 60 valence electrons. The Hall–Kier alpha value is -0.390. The van der Waals surface area contributed by atoms with Gasteiger partial charge in [-0.3, -0.25) is 0 Å². The van der Waals surface area contributed by atoms with Gasteiger partial charge in [0.2, 0.25) is 5.95 Å². The Labute approximate surface area is 77.9 Å². The second-order valence-corrected chi connectivity index (χ2v) is 2.93. The quantitative estimate of drug-likeness (QED) is 0.605. The van der Waals surface area contributed by atoms with Crippen molar-refractivity contribution in [1.82, 2.24) is 4.98 Å². The number of aromatic nitrogens is 1. The molecular formula is C7H7FINO. The fourth-order valence-electron chi connectivity index (χ4n) is 0.669. The molecule has 0 aromatic carbocycles. The average Bonchev–Trinajstić information content (AvgIpc) is 1.99. The molecule has 1 heterocycles. The summed E-state index contributed by atoms with van der Waals surface area (Å²) in [5.41, 5.74) is 0. The van der Waals surface area contributed by atoms with Gasteiger partial charge in [0.1, 0.15) is 9.32 Å². The Bertz CT molecular complexity index is 254. The van der Waals surface area contributed by atoms with Crippen LogP contribution in [0.3, 0.4) is 0 Å². The number of pyridine rings is 1. The third-order valence-electron chi connectivity index (χ3n) is 1.11. The van der Waals surface area contributed by atoms with Gasteiger partial charge >= 0.3 is 0 Å². The number of hydrogen-bond donors (Lipinski definition) is 0. The van der Waals surface area contributed by atoms with Crippen LogP contribution in [0.2, 0.25) is 0 Å². The first kappa shape index (κ1) is 8.70. The minimum Gasteiger partial charge on any atom is -0.493 e. The monoisotopic (exact) mass is 267 g/mol. The SMILES string of the molecule is CCOc1ccnc(F)c1I. The molecule has 0 atom stereocenters. The van der Waals surface area contributed by atoms with Crippen molar-refractivity contribution in [3.8, 4) is 5.75 Å². The largest absolute Gasteiger partial charge is 0.493 e. The number of ether oxygens (including phenoxy) is 1. The predicted octanol–water partition coefficient (Wildman–Crippen LogP) is 2.22. The van der Waals surface area contributed by atoms with E-state index in [1.54, 1.807) is 6.07 Å². The van der Waals surface area contributed by atoms with Gasteiger partial charge < -0.3 is 4.74 Å². The van der Waals surface area contributed by atoms with Crippen molar-refractivity contribution >= 4 is 22.6 Å². The van der Waals surface area contributed by atoms with Crippen molar-refractivity contribution in [2.45, 2.75) is 6.92 Å². The molecule has 0 saturated heterocycles. The maximum absolute atomic E-state index is 12.7. The van der Waals surface area contributed by atoms with Crippen molar-refractivity contribution in [2.24, 2.45) is 0 Å². The molecule has 0 aliphatic rings. The van der Waals surface area contributed by atoms with Crippen LogP contribution >= 0.6 is 22.6 Å². The van der Waals surface area contributed by atoms with Gasteiger partial charge in [-0.05, 0) is 35.6 Å². The van der Waals surface area contributed by atoms with E-state index in [1.165, 1.54) is 6.20 Å². The lowest BCUT2D eigenvalue weighted by Crippen LogP contribution is -1.96. The third-order valence-corrected chi connectivity index (χ3v) is 2.09. The second-order valence-electron chi connectivity index (χ2n) is 1.85. The molecule has 11 heavy (non-hydrogen) atoms. The molecule has 0 bridgehead atoms. The summed E-state index contributed by atoms with van der Waals surface area (Å²) in [6.07, 6.45) is 1.39. The summed E-state index contributed by atoms with van der Waals surface area (Å²) in [6.45, 7) is 2.40. The smallest absolute Gasteiger partial charge is 0.230 e. The van der Waals surface area contributed by atoms with E-state index in [2.05, 4.69) is 4.98 Å². The Morgan fingerprint density at radius 2 is 2.45 bits per heavy atom. The summed E-state index contributed by atoms with van der Waals surface area (Å²) in [4.78, 5) is 3.47. The van der Waals surface area contributed by atoms with Crippen LogP contribution in [-0.2, 0) is 0 Å². The van der Waals surface area contributed by atoms with Crippen LogP contribution in [0.5, 0.6) is 5.75 Å². The van der Waals surface area contributed by atoms with Gasteiger partial charge in [-0.15, -0.1) is 0 Å². The van der Waals surface area contributed by atoms with E-state index in [1.807, 2.05) is 29.5 Å². The van der Waals surface area contributed by atoms with Crippen molar-refractivity contribution in [1.29, 1.82) is 0 Å². The van der Waals surface area contributed by atoms with Crippen LogP contribution in [-0.4, -0.2) is 11.6 Å². The average molecular weight is 267 g/mol. The number of halogens is 2. The van der Waals surface area contributed by atoms with E-state index in [-0.39, 0.29) is 0 Å². The highest BCUT2D eigenvalue weighted by Gasteiger charge is 2.05. The molecule has 0 aliphatic heterocycles.